The van der Waals surface area contributed by atoms with Gasteiger partial charge in [-0.2, -0.15) is 0 Å². The number of ether oxygens (including phenoxy) is 1. The second-order valence-electron chi connectivity index (χ2n) is 8.59. The Balaban J connectivity index is 1.69. The molecule has 6 nitrogen and oxygen atoms in total. The van der Waals surface area contributed by atoms with E-state index in [0.29, 0.717) is 25.4 Å². The molecule has 0 radical (unpaired) electrons. The Bertz CT molecular complexity index is 902. The zero-order valence-corrected chi connectivity index (χ0v) is 17.9. The third kappa shape index (κ3) is 3.76. The average Bonchev–Trinajstić information content (AvgIpc) is 3.18. The van der Waals surface area contributed by atoms with Crippen molar-refractivity contribution >= 4 is 11.8 Å². The molecular weight excluding hydrogens is 378 g/mol. The smallest absolute Gasteiger partial charge is 0.271 e. The van der Waals surface area contributed by atoms with Crippen molar-refractivity contribution in [1.82, 2.24) is 14.8 Å². The van der Waals surface area contributed by atoms with E-state index >= 15 is 0 Å². The number of fused-ring (bicyclic) bond motifs is 1. The molecule has 1 unspecified atom stereocenters. The molecule has 1 aliphatic carbocycles. The summed E-state index contributed by atoms with van der Waals surface area (Å²) in [4.78, 5) is 28.7. The quantitative estimate of drug-likeness (QED) is 0.795. The van der Waals surface area contributed by atoms with Crippen LogP contribution in [0.2, 0.25) is 0 Å². The van der Waals surface area contributed by atoms with Gasteiger partial charge in [0.2, 0.25) is 5.91 Å². The van der Waals surface area contributed by atoms with Crippen LogP contribution in [0, 0.1) is 0 Å². The van der Waals surface area contributed by atoms with Gasteiger partial charge in [-0.1, -0.05) is 49.6 Å². The van der Waals surface area contributed by atoms with E-state index < -0.39 is 5.54 Å². The highest BCUT2D eigenvalue weighted by atomic mass is 16.5. The van der Waals surface area contributed by atoms with E-state index in [-0.39, 0.29) is 17.9 Å². The maximum Gasteiger partial charge on any atom is 0.271 e. The van der Waals surface area contributed by atoms with Crippen molar-refractivity contribution < 1.29 is 14.3 Å². The molecule has 0 bridgehead atoms. The molecule has 1 aromatic carbocycles. The van der Waals surface area contributed by atoms with Crippen LogP contribution in [-0.2, 0) is 16.1 Å². The lowest BCUT2D eigenvalue weighted by molar-refractivity contribution is -0.134. The molecule has 2 amide bonds. The Labute approximate surface area is 178 Å². The second kappa shape index (κ2) is 8.64. The molecule has 2 aromatic rings. The van der Waals surface area contributed by atoms with Gasteiger partial charge in [-0.15, -0.1) is 0 Å². The predicted octanol–water partition coefficient (Wildman–Crippen LogP) is 3.46. The summed E-state index contributed by atoms with van der Waals surface area (Å²) in [6.07, 6.45) is 5.55. The lowest BCUT2D eigenvalue weighted by Gasteiger charge is -2.45. The SMILES string of the molecule is COCCN1C(=O)c2ccc(-c3ccccc3)n2CC1(C)C(=O)NC1CCCCC1. The summed E-state index contributed by atoms with van der Waals surface area (Å²) >= 11 is 0. The molecular formula is C24H31N3O3. The van der Waals surface area contributed by atoms with E-state index in [2.05, 4.69) is 5.32 Å². The van der Waals surface area contributed by atoms with Crippen LogP contribution in [0.15, 0.2) is 42.5 Å². The third-order valence-electron chi connectivity index (χ3n) is 6.52. The molecule has 160 valence electrons. The van der Waals surface area contributed by atoms with Crippen LogP contribution < -0.4 is 5.32 Å². The van der Waals surface area contributed by atoms with E-state index in [1.54, 1.807) is 12.0 Å². The summed E-state index contributed by atoms with van der Waals surface area (Å²) < 4.78 is 7.25. The van der Waals surface area contributed by atoms with Gasteiger partial charge >= 0.3 is 0 Å². The van der Waals surface area contributed by atoms with Gasteiger partial charge in [0.05, 0.1) is 13.2 Å². The number of nitrogens with zero attached hydrogens (tertiary/aromatic N) is 2. The van der Waals surface area contributed by atoms with Gasteiger partial charge in [-0.25, -0.2) is 0 Å². The first kappa shape index (κ1) is 20.7. The van der Waals surface area contributed by atoms with Gasteiger partial charge < -0.3 is 19.5 Å². The van der Waals surface area contributed by atoms with Crippen LogP contribution in [-0.4, -0.2) is 53.1 Å². The van der Waals surface area contributed by atoms with Crippen molar-refractivity contribution in [2.24, 2.45) is 0 Å². The van der Waals surface area contributed by atoms with Gasteiger partial charge in [-0.05, 0) is 37.5 Å². The molecule has 2 aliphatic rings. The number of nitrogens with one attached hydrogen (secondary N) is 1. The Kier molecular flexibility index (Phi) is 5.95. The highest BCUT2D eigenvalue weighted by Crippen LogP contribution is 2.33. The van der Waals surface area contributed by atoms with E-state index in [1.165, 1.54) is 6.42 Å². The first-order valence-corrected chi connectivity index (χ1v) is 10.9. The molecule has 1 saturated carbocycles. The fraction of sp³-hybridized carbons (Fsp3) is 0.500. The van der Waals surface area contributed by atoms with Crippen molar-refractivity contribution in [3.63, 3.8) is 0 Å². The minimum absolute atomic E-state index is 0.0720. The topological polar surface area (TPSA) is 63.6 Å². The second-order valence-corrected chi connectivity index (χ2v) is 8.59. The first-order chi connectivity index (χ1) is 14.5. The number of benzene rings is 1. The Hall–Kier alpha value is -2.60. The predicted molar refractivity (Wildman–Crippen MR) is 116 cm³/mol. The lowest BCUT2D eigenvalue weighted by Crippen LogP contribution is -2.65. The Morgan fingerprint density at radius 2 is 1.80 bits per heavy atom. The summed E-state index contributed by atoms with van der Waals surface area (Å²) in [5.41, 5.74) is 1.65. The van der Waals surface area contributed by atoms with Gasteiger partial charge in [0.1, 0.15) is 11.2 Å². The van der Waals surface area contributed by atoms with Crippen LogP contribution in [0.3, 0.4) is 0 Å². The molecule has 6 heteroatoms. The van der Waals surface area contributed by atoms with Gasteiger partial charge in [0.15, 0.2) is 0 Å². The maximum absolute atomic E-state index is 13.5. The third-order valence-corrected chi connectivity index (χ3v) is 6.52. The molecule has 0 saturated heterocycles. The van der Waals surface area contributed by atoms with Crippen molar-refractivity contribution in [3.8, 4) is 11.3 Å². The number of hydrogen-bond donors (Lipinski definition) is 1. The van der Waals surface area contributed by atoms with Crippen molar-refractivity contribution in [2.45, 2.75) is 57.2 Å². The van der Waals surface area contributed by atoms with Gasteiger partial charge in [0.25, 0.3) is 5.91 Å². The van der Waals surface area contributed by atoms with Crippen LogP contribution in [0.5, 0.6) is 0 Å². The van der Waals surface area contributed by atoms with Crippen molar-refractivity contribution in [2.75, 3.05) is 20.3 Å². The van der Waals surface area contributed by atoms with Gasteiger partial charge in [0, 0.05) is 25.4 Å². The van der Waals surface area contributed by atoms with Crippen LogP contribution in [0.1, 0.15) is 49.5 Å². The maximum atomic E-state index is 13.5. The molecule has 0 spiro atoms. The number of amides is 2. The molecule has 1 aromatic heterocycles. The summed E-state index contributed by atoms with van der Waals surface area (Å²) in [7, 11) is 1.62. The van der Waals surface area contributed by atoms with E-state index in [0.717, 1.165) is 36.9 Å². The summed E-state index contributed by atoms with van der Waals surface area (Å²) in [6, 6.07) is 14.0. The lowest BCUT2D eigenvalue weighted by atomic mass is 9.91. The highest BCUT2D eigenvalue weighted by Gasteiger charge is 2.48. The van der Waals surface area contributed by atoms with E-state index in [4.69, 9.17) is 4.74 Å². The van der Waals surface area contributed by atoms with Crippen molar-refractivity contribution in [3.05, 3.63) is 48.2 Å². The first-order valence-electron chi connectivity index (χ1n) is 10.9. The number of methoxy groups -OCH3 is 1. The zero-order chi connectivity index (χ0) is 21.1. The molecule has 1 aliphatic heterocycles. The standard InChI is InChI=1S/C24H31N3O3/c1-24(23(29)25-19-11-7-4-8-12-19)17-26-20(18-9-5-3-6-10-18)13-14-21(26)22(28)27(24)15-16-30-2/h3,5-6,9-10,13-14,19H,4,7-8,11-12,15-17H2,1-2H3,(H,25,29). The summed E-state index contributed by atoms with van der Waals surface area (Å²) in [6.45, 7) is 3.09. The number of aromatic nitrogens is 1. The largest absolute Gasteiger partial charge is 0.383 e. The molecule has 1 fully saturated rings. The number of hydrogen-bond acceptors (Lipinski definition) is 3. The monoisotopic (exact) mass is 409 g/mol. The molecule has 1 N–H and O–H groups in total. The number of carbonyl (C=O) groups is 2. The molecule has 4 rings (SSSR count). The van der Waals surface area contributed by atoms with Crippen LogP contribution in [0.25, 0.3) is 11.3 Å². The Morgan fingerprint density at radius 1 is 1.10 bits per heavy atom. The summed E-state index contributed by atoms with van der Waals surface area (Å²) in [5, 5.41) is 3.25. The minimum Gasteiger partial charge on any atom is -0.383 e. The molecule has 2 heterocycles. The van der Waals surface area contributed by atoms with Crippen LogP contribution in [0.4, 0.5) is 0 Å². The zero-order valence-electron chi connectivity index (χ0n) is 17.9. The number of rotatable bonds is 6. The molecule has 30 heavy (non-hydrogen) atoms. The number of carbonyl (C=O) groups excluding carboxylic acids is 2. The van der Waals surface area contributed by atoms with Crippen molar-refractivity contribution in [1.29, 1.82) is 0 Å². The van der Waals surface area contributed by atoms with Gasteiger partial charge in [-0.3, -0.25) is 9.59 Å². The fourth-order valence-electron chi connectivity index (χ4n) is 4.75. The summed E-state index contributed by atoms with van der Waals surface area (Å²) in [5.74, 6) is -0.195. The van der Waals surface area contributed by atoms with E-state index in [1.807, 2.05) is 54.0 Å². The molecule has 1 atom stereocenters. The van der Waals surface area contributed by atoms with E-state index in [9.17, 15) is 9.59 Å². The Morgan fingerprint density at radius 3 is 2.50 bits per heavy atom. The normalized spacial score (nSPS) is 22.1. The fourth-order valence-corrected chi connectivity index (χ4v) is 4.75. The minimum atomic E-state index is -0.970. The van der Waals surface area contributed by atoms with Crippen LogP contribution >= 0.6 is 0 Å². The average molecular weight is 410 g/mol. The highest BCUT2D eigenvalue weighted by molar-refractivity contribution is 6.00.